The molecule has 4 nitrogen and oxygen atoms in total. The van der Waals surface area contributed by atoms with E-state index in [0.29, 0.717) is 22.2 Å². The van der Waals surface area contributed by atoms with Crippen LogP contribution in [0.4, 0.5) is 9.52 Å². The van der Waals surface area contributed by atoms with Crippen LogP contribution in [0.1, 0.15) is 11.3 Å². The maximum Gasteiger partial charge on any atom is 0.203 e. The highest BCUT2D eigenvalue weighted by molar-refractivity contribution is 7.13. The van der Waals surface area contributed by atoms with Gasteiger partial charge in [0, 0.05) is 17.0 Å². The third-order valence-corrected chi connectivity index (χ3v) is 3.79. The van der Waals surface area contributed by atoms with Gasteiger partial charge in [-0.1, -0.05) is 18.2 Å². The van der Waals surface area contributed by atoms with E-state index in [4.69, 9.17) is 4.74 Å². The number of thiazole rings is 1. The lowest BCUT2D eigenvalue weighted by Crippen LogP contribution is -1.95. The SMILES string of the molecule is Cc1csc(NN=Cc2ccc(F)cc2Oc2ccccc2)n1. The maximum atomic E-state index is 13.5. The van der Waals surface area contributed by atoms with Crippen LogP contribution < -0.4 is 10.2 Å². The number of aryl methyl sites for hydroxylation is 1. The van der Waals surface area contributed by atoms with Crippen LogP contribution in [0.25, 0.3) is 0 Å². The molecule has 0 aliphatic rings. The van der Waals surface area contributed by atoms with Gasteiger partial charge in [0.05, 0.1) is 11.9 Å². The molecule has 0 saturated carbocycles. The molecule has 116 valence electrons. The number of aromatic nitrogens is 1. The smallest absolute Gasteiger partial charge is 0.203 e. The number of hydrogen-bond donors (Lipinski definition) is 1. The lowest BCUT2D eigenvalue weighted by atomic mass is 10.2. The first-order chi connectivity index (χ1) is 11.2. The Bertz CT molecular complexity index is 818. The monoisotopic (exact) mass is 327 g/mol. The molecule has 0 unspecified atom stereocenters. The van der Waals surface area contributed by atoms with Gasteiger partial charge >= 0.3 is 0 Å². The van der Waals surface area contributed by atoms with E-state index in [0.717, 1.165) is 5.69 Å². The highest BCUT2D eigenvalue weighted by atomic mass is 32.1. The average molecular weight is 327 g/mol. The molecule has 0 aliphatic carbocycles. The van der Waals surface area contributed by atoms with Gasteiger partial charge in [-0.05, 0) is 31.2 Å². The number of hydrogen-bond acceptors (Lipinski definition) is 5. The molecular formula is C17H14FN3OS. The van der Waals surface area contributed by atoms with Crippen LogP contribution in [-0.2, 0) is 0 Å². The van der Waals surface area contributed by atoms with Crippen LogP contribution >= 0.6 is 11.3 Å². The molecule has 0 amide bonds. The van der Waals surface area contributed by atoms with Gasteiger partial charge in [0.2, 0.25) is 5.13 Å². The third-order valence-electron chi connectivity index (χ3n) is 2.93. The van der Waals surface area contributed by atoms with Crippen molar-refractivity contribution in [3.05, 3.63) is 71.0 Å². The van der Waals surface area contributed by atoms with E-state index in [9.17, 15) is 4.39 Å². The third kappa shape index (κ3) is 4.14. The summed E-state index contributed by atoms with van der Waals surface area (Å²) in [5.41, 5.74) is 4.44. The molecule has 2 aromatic carbocycles. The molecule has 1 heterocycles. The van der Waals surface area contributed by atoms with E-state index in [2.05, 4.69) is 15.5 Å². The van der Waals surface area contributed by atoms with E-state index in [1.54, 1.807) is 12.3 Å². The van der Waals surface area contributed by atoms with Gasteiger partial charge in [0.15, 0.2) is 0 Å². The zero-order valence-corrected chi connectivity index (χ0v) is 13.2. The Morgan fingerprint density at radius 1 is 1.22 bits per heavy atom. The first-order valence-corrected chi connectivity index (χ1v) is 7.82. The van der Waals surface area contributed by atoms with Crippen LogP contribution in [0, 0.1) is 12.7 Å². The van der Waals surface area contributed by atoms with Crippen LogP contribution in [-0.4, -0.2) is 11.2 Å². The standard InChI is InChI=1S/C17H14FN3OS/c1-12-11-23-17(20-12)21-19-10-13-7-8-14(18)9-16(13)22-15-5-3-2-4-6-15/h2-11H,1H3,(H,20,21). The summed E-state index contributed by atoms with van der Waals surface area (Å²) in [6.07, 6.45) is 1.58. The fourth-order valence-electron chi connectivity index (χ4n) is 1.88. The Labute approximate surface area is 137 Å². The van der Waals surface area contributed by atoms with E-state index in [-0.39, 0.29) is 5.82 Å². The molecule has 0 spiro atoms. The Morgan fingerprint density at radius 2 is 2.04 bits per heavy atom. The van der Waals surface area contributed by atoms with Crippen molar-refractivity contribution in [2.24, 2.45) is 5.10 Å². The maximum absolute atomic E-state index is 13.5. The summed E-state index contributed by atoms with van der Waals surface area (Å²) >= 11 is 1.47. The number of hydrazone groups is 1. The summed E-state index contributed by atoms with van der Waals surface area (Å²) in [6, 6.07) is 13.5. The van der Waals surface area contributed by atoms with Gasteiger partial charge in [0.1, 0.15) is 17.3 Å². The van der Waals surface area contributed by atoms with E-state index in [1.165, 1.54) is 23.5 Å². The summed E-state index contributed by atoms with van der Waals surface area (Å²) in [5, 5.41) is 6.76. The van der Waals surface area contributed by atoms with Gasteiger partial charge in [-0.3, -0.25) is 5.43 Å². The minimum Gasteiger partial charge on any atom is -0.457 e. The number of rotatable bonds is 5. The zero-order valence-electron chi connectivity index (χ0n) is 12.4. The predicted molar refractivity (Wildman–Crippen MR) is 91.0 cm³/mol. The number of nitrogens with one attached hydrogen (secondary N) is 1. The minimum atomic E-state index is -0.364. The molecule has 0 aliphatic heterocycles. The zero-order chi connectivity index (χ0) is 16.1. The first-order valence-electron chi connectivity index (χ1n) is 6.94. The van der Waals surface area contributed by atoms with E-state index >= 15 is 0 Å². The van der Waals surface area contributed by atoms with E-state index < -0.39 is 0 Å². The molecule has 0 bridgehead atoms. The van der Waals surface area contributed by atoms with Crippen molar-refractivity contribution in [2.45, 2.75) is 6.92 Å². The van der Waals surface area contributed by atoms with Crippen LogP contribution in [0.5, 0.6) is 11.5 Å². The summed E-state index contributed by atoms with van der Waals surface area (Å²) in [5.74, 6) is 0.671. The first kappa shape index (κ1) is 15.2. The normalized spacial score (nSPS) is 10.9. The summed E-state index contributed by atoms with van der Waals surface area (Å²) in [6.45, 7) is 1.91. The molecule has 1 aromatic heterocycles. The number of nitrogens with zero attached hydrogens (tertiary/aromatic N) is 2. The molecule has 3 rings (SSSR count). The van der Waals surface area contributed by atoms with Gasteiger partial charge in [-0.2, -0.15) is 5.10 Å². The lowest BCUT2D eigenvalue weighted by Gasteiger charge is -2.08. The fourth-order valence-corrected chi connectivity index (χ4v) is 2.52. The molecule has 0 radical (unpaired) electrons. The number of ether oxygens (including phenoxy) is 1. The Balaban J connectivity index is 1.78. The molecular weight excluding hydrogens is 313 g/mol. The predicted octanol–water partition coefficient (Wildman–Crippen LogP) is 4.83. The van der Waals surface area contributed by atoms with Crippen LogP contribution in [0.3, 0.4) is 0 Å². The quantitative estimate of drug-likeness (QED) is 0.539. The number of halogens is 1. The van der Waals surface area contributed by atoms with Crippen molar-refractivity contribution < 1.29 is 9.13 Å². The van der Waals surface area contributed by atoms with Gasteiger partial charge in [-0.15, -0.1) is 11.3 Å². The number of benzene rings is 2. The van der Waals surface area contributed by atoms with Crippen molar-refractivity contribution >= 4 is 22.7 Å². The van der Waals surface area contributed by atoms with Gasteiger partial charge < -0.3 is 4.74 Å². The summed E-state index contributed by atoms with van der Waals surface area (Å²) in [4.78, 5) is 4.25. The molecule has 0 saturated heterocycles. The van der Waals surface area contributed by atoms with Crippen molar-refractivity contribution in [3.63, 3.8) is 0 Å². The highest BCUT2D eigenvalue weighted by Crippen LogP contribution is 2.25. The van der Waals surface area contributed by atoms with Crippen molar-refractivity contribution in [3.8, 4) is 11.5 Å². The van der Waals surface area contributed by atoms with Gasteiger partial charge in [0.25, 0.3) is 0 Å². The summed E-state index contributed by atoms with van der Waals surface area (Å²) < 4.78 is 19.2. The van der Waals surface area contributed by atoms with E-state index in [1.807, 2.05) is 42.6 Å². The minimum absolute atomic E-state index is 0.364. The average Bonchev–Trinajstić information content (AvgIpc) is 2.96. The molecule has 0 atom stereocenters. The second-order valence-corrected chi connectivity index (χ2v) is 5.62. The molecule has 23 heavy (non-hydrogen) atoms. The molecule has 6 heteroatoms. The Hall–Kier alpha value is -2.73. The Morgan fingerprint density at radius 3 is 2.78 bits per heavy atom. The summed E-state index contributed by atoms with van der Waals surface area (Å²) in [7, 11) is 0. The molecule has 3 aromatic rings. The fraction of sp³-hybridized carbons (Fsp3) is 0.0588. The van der Waals surface area contributed by atoms with Crippen LogP contribution in [0.15, 0.2) is 59.0 Å². The highest BCUT2D eigenvalue weighted by Gasteiger charge is 2.05. The lowest BCUT2D eigenvalue weighted by molar-refractivity contribution is 0.476. The Kier molecular flexibility index (Phi) is 4.63. The van der Waals surface area contributed by atoms with Crippen molar-refractivity contribution in [2.75, 3.05) is 5.43 Å². The van der Waals surface area contributed by atoms with Crippen molar-refractivity contribution in [1.29, 1.82) is 0 Å². The van der Waals surface area contributed by atoms with Crippen LogP contribution in [0.2, 0.25) is 0 Å². The number of para-hydroxylation sites is 1. The number of anilines is 1. The molecule has 1 N–H and O–H groups in total. The van der Waals surface area contributed by atoms with Gasteiger partial charge in [-0.25, -0.2) is 9.37 Å². The second kappa shape index (κ2) is 7.02. The largest absolute Gasteiger partial charge is 0.457 e. The molecule has 0 fully saturated rings. The second-order valence-electron chi connectivity index (χ2n) is 4.76. The topological polar surface area (TPSA) is 46.5 Å². The van der Waals surface area contributed by atoms with Crippen molar-refractivity contribution in [1.82, 2.24) is 4.98 Å².